The van der Waals surface area contributed by atoms with Crippen LogP contribution in [0.25, 0.3) is 0 Å². The van der Waals surface area contributed by atoms with E-state index in [-0.39, 0.29) is 5.91 Å². The van der Waals surface area contributed by atoms with Gasteiger partial charge in [-0.25, -0.2) is 0 Å². The summed E-state index contributed by atoms with van der Waals surface area (Å²) in [6.45, 7) is 9.55. The lowest BCUT2D eigenvalue weighted by molar-refractivity contribution is -0.157. The first kappa shape index (κ1) is 42.9. The summed E-state index contributed by atoms with van der Waals surface area (Å²) >= 11 is 0. The molecule has 0 bridgehead atoms. The minimum atomic E-state index is -0.920. The number of nitrogens with zero attached hydrogens (tertiary/aromatic N) is 1. The normalized spacial score (nSPS) is 13.6. The van der Waals surface area contributed by atoms with Gasteiger partial charge in [0.25, 0.3) is 0 Å². The van der Waals surface area contributed by atoms with Crippen LogP contribution in [-0.2, 0) is 14.3 Å². The van der Waals surface area contributed by atoms with Crippen LogP contribution in [0, 0.1) is 11.8 Å². The quantitative estimate of drug-likeness (QED) is 0.0724. The summed E-state index contributed by atoms with van der Waals surface area (Å²) in [6, 6.07) is 0. The number of ether oxygens (including phenoxy) is 1. The number of carbonyl (C=O) groups is 2. The van der Waals surface area contributed by atoms with E-state index in [1.807, 2.05) is 14.0 Å². The maximum Gasteiger partial charge on any atom is 0.309 e. The molecule has 5 heteroatoms. The van der Waals surface area contributed by atoms with Crippen LogP contribution >= 0.6 is 0 Å². The van der Waals surface area contributed by atoms with Gasteiger partial charge in [-0.2, -0.15) is 0 Å². The van der Waals surface area contributed by atoms with E-state index >= 15 is 0 Å². The second-order valence-electron chi connectivity index (χ2n) is 13.7. The number of hydrogen-bond donors (Lipinski definition) is 1. The average Bonchev–Trinajstić information content (AvgIpc) is 3.01. The molecule has 0 aliphatic rings. The molecule has 0 rings (SSSR count). The first-order chi connectivity index (χ1) is 21.4. The van der Waals surface area contributed by atoms with E-state index in [2.05, 4.69) is 13.8 Å². The Hall–Kier alpha value is -1.10. The minimum absolute atomic E-state index is 0.0700. The predicted molar refractivity (Wildman–Crippen MR) is 189 cm³/mol. The maximum absolute atomic E-state index is 13.2. The highest BCUT2D eigenvalue weighted by atomic mass is 16.5. The molecule has 0 aliphatic carbocycles. The van der Waals surface area contributed by atoms with Crippen LogP contribution in [-0.4, -0.2) is 48.2 Å². The Balaban J connectivity index is 4.04. The van der Waals surface area contributed by atoms with Gasteiger partial charge in [0.2, 0.25) is 5.91 Å². The predicted octanol–water partition coefficient (Wildman–Crippen LogP) is 11.8. The molecule has 0 aromatic heterocycles. The average molecular weight is 624 g/mol. The van der Waals surface area contributed by atoms with E-state index in [9.17, 15) is 14.7 Å². The first-order valence-electron chi connectivity index (χ1n) is 19.5. The summed E-state index contributed by atoms with van der Waals surface area (Å²) in [7, 11) is 1.83. The van der Waals surface area contributed by atoms with Crippen LogP contribution in [0.5, 0.6) is 0 Å². The highest BCUT2D eigenvalue weighted by molar-refractivity contribution is 5.84. The van der Waals surface area contributed by atoms with Crippen LogP contribution in [0.15, 0.2) is 0 Å². The largest absolute Gasteiger partial charge is 0.481 e. The topological polar surface area (TPSA) is 66.8 Å². The van der Waals surface area contributed by atoms with Crippen molar-refractivity contribution < 1.29 is 19.4 Å². The summed E-state index contributed by atoms with van der Waals surface area (Å²) in [5, 5.41) is 10.0. The Kier molecular flexibility index (Phi) is 31.1. The third-order valence-electron chi connectivity index (χ3n) is 9.57. The van der Waals surface area contributed by atoms with E-state index in [0.717, 1.165) is 25.7 Å². The summed E-state index contributed by atoms with van der Waals surface area (Å²) in [4.78, 5) is 27.2. The zero-order valence-corrected chi connectivity index (χ0v) is 30.4. The molecule has 0 aliphatic heterocycles. The highest BCUT2D eigenvalue weighted by Gasteiger charge is 2.37. The van der Waals surface area contributed by atoms with E-state index in [0.29, 0.717) is 19.6 Å². The Morgan fingerprint density at radius 1 is 0.568 bits per heavy atom. The molecule has 44 heavy (non-hydrogen) atoms. The summed E-state index contributed by atoms with van der Waals surface area (Å²) in [5.41, 5.74) is 0. The van der Waals surface area contributed by atoms with Gasteiger partial charge in [-0.05, 0) is 19.3 Å². The van der Waals surface area contributed by atoms with Crippen molar-refractivity contribution in [2.75, 3.05) is 20.2 Å². The van der Waals surface area contributed by atoms with Gasteiger partial charge in [-0.15, -0.1) is 0 Å². The van der Waals surface area contributed by atoms with Crippen molar-refractivity contribution >= 4 is 11.9 Å². The van der Waals surface area contributed by atoms with Crippen molar-refractivity contribution in [3.8, 4) is 0 Å². The lowest BCUT2D eigenvalue weighted by atomic mass is 9.86. The smallest absolute Gasteiger partial charge is 0.309 e. The van der Waals surface area contributed by atoms with Crippen molar-refractivity contribution in [2.24, 2.45) is 11.8 Å². The molecule has 0 saturated heterocycles. The fraction of sp³-hybridized carbons (Fsp3) is 0.949. The van der Waals surface area contributed by atoms with Gasteiger partial charge in [0.1, 0.15) is 0 Å². The molecule has 1 N–H and O–H groups in total. The zero-order chi connectivity index (χ0) is 32.7. The second-order valence-corrected chi connectivity index (χ2v) is 13.7. The number of carboxylic acids is 1. The molecule has 0 fully saturated rings. The van der Waals surface area contributed by atoms with Gasteiger partial charge in [-0.1, -0.05) is 182 Å². The van der Waals surface area contributed by atoms with E-state index in [4.69, 9.17) is 4.74 Å². The molecule has 262 valence electrons. The summed E-state index contributed by atoms with van der Waals surface area (Å²) in [5.74, 6) is -2.38. The molecule has 3 unspecified atom stereocenters. The third-order valence-corrected chi connectivity index (χ3v) is 9.57. The molecule has 0 radical (unpaired) electrons. The Morgan fingerprint density at radius 2 is 0.909 bits per heavy atom. The molecule has 0 aromatic rings. The lowest BCUT2D eigenvalue weighted by Crippen LogP contribution is -2.43. The molecule has 0 spiro atoms. The van der Waals surface area contributed by atoms with Gasteiger partial charge in [0.15, 0.2) is 0 Å². The van der Waals surface area contributed by atoms with Crippen molar-refractivity contribution in [3.63, 3.8) is 0 Å². The SMILES string of the molecule is CCCCCCCCCCCCCCCCCCN(C)C(=O)C(C)C(C(=O)O)C(CC)OCCCCCCCCCCCC. The first-order valence-corrected chi connectivity index (χ1v) is 19.5. The molecule has 5 nitrogen and oxygen atoms in total. The minimum Gasteiger partial charge on any atom is -0.481 e. The van der Waals surface area contributed by atoms with Crippen LogP contribution in [0.1, 0.15) is 201 Å². The molecule has 0 heterocycles. The molecule has 0 aromatic carbocycles. The van der Waals surface area contributed by atoms with Gasteiger partial charge < -0.3 is 14.7 Å². The number of amides is 1. The standard InChI is InChI=1S/C39H77NO4/c1-6-9-11-13-15-17-19-20-21-22-23-24-25-27-29-31-33-40(5)38(41)35(4)37(39(42)43)36(8-3)44-34-32-30-28-26-18-16-14-12-10-7-2/h35-37H,6-34H2,1-5H3,(H,42,43). The molecular weight excluding hydrogens is 546 g/mol. The molecule has 0 saturated carbocycles. The van der Waals surface area contributed by atoms with Crippen molar-refractivity contribution in [2.45, 2.75) is 207 Å². The third kappa shape index (κ3) is 24.2. The number of rotatable bonds is 34. The fourth-order valence-electron chi connectivity index (χ4n) is 6.50. The van der Waals surface area contributed by atoms with Crippen molar-refractivity contribution in [1.29, 1.82) is 0 Å². The van der Waals surface area contributed by atoms with Gasteiger partial charge in [-0.3, -0.25) is 9.59 Å². The number of unbranched alkanes of at least 4 members (excludes halogenated alkanes) is 24. The van der Waals surface area contributed by atoms with E-state index < -0.39 is 23.9 Å². The fourth-order valence-corrected chi connectivity index (χ4v) is 6.50. The van der Waals surface area contributed by atoms with Crippen LogP contribution in [0.3, 0.4) is 0 Å². The zero-order valence-electron chi connectivity index (χ0n) is 30.4. The number of carbonyl (C=O) groups excluding carboxylic acids is 1. The monoisotopic (exact) mass is 624 g/mol. The Bertz CT molecular complexity index is 640. The van der Waals surface area contributed by atoms with Crippen LogP contribution < -0.4 is 0 Å². The molecule has 3 atom stereocenters. The van der Waals surface area contributed by atoms with Crippen molar-refractivity contribution in [1.82, 2.24) is 4.90 Å². The number of hydrogen-bond acceptors (Lipinski definition) is 3. The van der Waals surface area contributed by atoms with Gasteiger partial charge in [0, 0.05) is 20.2 Å². The second kappa shape index (κ2) is 31.9. The summed E-state index contributed by atoms with van der Waals surface area (Å²) in [6.07, 6.45) is 34.1. The molecular formula is C39H77NO4. The molecule has 1 amide bonds. The highest BCUT2D eigenvalue weighted by Crippen LogP contribution is 2.24. The van der Waals surface area contributed by atoms with E-state index in [1.165, 1.54) is 141 Å². The van der Waals surface area contributed by atoms with Gasteiger partial charge >= 0.3 is 5.97 Å². The van der Waals surface area contributed by atoms with Gasteiger partial charge in [0.05, 0.1) is 17.9 Å². The Morgan fingerprint density at radius 3 is 1.25 bits per heavy atom. The number of aliphatic carboxylic acids is 1. The van der Waals surface area contributed by atoms with E-state index in [1.54, 1.807) is 11.8 Å². The lowest BCUT2D eigenvalue weighted by Gasteiger charge is -2.30. The van der Waals surface area contributed by atoms with Crippen LogP contribution in [0.2, 0.25) is 0 Å². The Labute approximate surface area is 275 Å². The maximum atomic E-state index is 13.2. The van der Waals surface area contributed by atoms with Crippen LogP contribution in [0.4, 0.5) is 0 Å². The summed E-state index contributed by atoms with van der Waals surface area (Å²) < 4.78 is 6.08. The van der Waals surface area contributed by atoms with Crippen molar-refractivity contribution in [3.05, 3.63) is 0 Å². The number of carboxylic acid groups (broad SMARTS) is 1.